The molecule has 0 aromatic heterocycles. The Kier molecular flexibility index (Phi) is 4.79. The van der Waals surface area contributed by atoms with Gasteiger partial charge in [-0.1, -0.05) is 41.4 Å². The first-order chi connectivity index (χ1) is 12.9. The number of amides is 1. The molecule has 0 radical (unpaired) electrons. The second kappa shape index (κ2) is 7.10. The minimum absolute atomic E-state index is 0.0124. The Morgan fingerprint density at radius 3 is 2.41 bits per heavy atom. The number of hydrogen-bond acceptors (Lipinski definition) is 2. The largest absolute Gasteiger partial charge is 0.329 e. The monoisotopic (exact) mass is 403 g/mol. The number of benzene rings is 2. The van der Waals surface area contributed by atoms with Gasteiger partial charge >= 0.3 is 0 Å². The highest BCUT2D eigenvalue weighted by Gasteiger charge is 2.38. The average Bonchev–Trinajstić information content (AvgIpc) is 2.61. The highest BCUT2D eigenvalue weighted by molar-refractivity contribution is 6.35. The van der Waals surface area contributed by atoms with Gasteiger partial charge in [0.1, 0.15) is 5.82 Å². The molecule has 2 aromatic rings. The lowest BCUT2D eigenvalue weighted by molar-refractivity contribution is -0.122. The zero-order valence-corrected chi connectivity index (χ0v) is 15.8. The van der Waals surface area contributed by atoms with E-state index >= 15 is 0 Å². The zero-order chi connectivity index (χ0) is 19.1. The lowest BCUT2D eigenvalue weighted by atomic mass is 9.73. The Morgan fingerprint density at radius 2 is 1.70 bits per heavy atom. The summed E-state index contributed by atoms with van der Waals surface area (Å²) in [5.41, 5.74) is 2.89. The molecule has 2 aromatic carbocycles. The molecule has 138 valence electrons. The van der Waals surface area contributed by atoms with Gasteiger partial charge in [-0.25, -0.2) is 4.39 Å². The van der Waals surface area contributed by atoms with Gasteiger partial charge < -0.3 is 5.32 Å². The van der Waals surface area contributed by atoms with Crippen molar-refractivity contribution >= 4 is 34.9 Å². The molecule has 1 aliphatic carbocycles. The first kappa shape index (κ1) is 18.2. The molecule has 1 aliphatic heterocycles. The van der Waals surface area contributed by atoms with Gasteiger partial charge in [-0.3, -0.25) is 9.59 Å². The van der Waals surface area contributed by atoms with Crippen molar-refractivity contribution in [3.8, 4) is 0 Å². The molecule has 0 fully saturated rings. The van der Waals surface area contributed by atoms with Gasteiger partial charge in [0, 0.05) is 40.1 Å². The summed E-state index contributed by atoms with van der Waals surface area (Å²) in [5.74, 6) is -0.931. The van der Waals surface area contributed by atoms with Crippen LogP contribution in [0.1, 0.15) is 42.2 Å². The van der Waals surface area contributed by atoms with Crippen molar-refractivity contribution in [3.05, 3.63) is 80.7 Å². The molecule has 2 atom stereocenters. The predicted molar refractivity (Wildman–Crippen MR) is 102 cm³/mol. The van der Waals surface area contributed by atoms with Crippen LogP contribution in [0.4, 0.5) is 4.39 Å². The summed E-state index contributed by atoms with van der Waals surface area (Å²) < 4.78 is 13.2. The Morgan fingerprint density at radius 1 is 0.963 bits per heavy atom. The molecule has 1 N–H and O–H groups in total. The van der Waals surface area contributed by atoms with Crippen molar-refractivity contribution in [1.29, 1.82) is 0 Å². The Hall–Kier alpha value is -2.17. The molecule has 6 heteroatoms. The molecule has 0 bridgehead atoms. The van der Waals surface area contributed by atoms with Crippen LogP contribution in [0.5, 0.6) is 0 Å². The maximum absolute atomic E-state index is 13.2. The Balaban J connectivity index is 1.73. The highest BCUT2D eigenvalue weighted by atomic mass is 35.5. The van der Waals surface area contributed by atoms with Crippen LogP contribution in [0.3, 0.4) is 0 Å². The lowest BCUT2D eigenvalue weighted by Crippen LogP contribution is -2.38. The summed E-state index contributed by atoms with van der Waals surface area (Å²) in [6.45, 7) is 0. The van der Waals surface area contributed by atoms with Crippen LogP contribution in [-0.2, 0) is 9.59 Å². The fourth-order valence-corrected chi connectivity index (χ4v) is 4.52. The molecular weight excluding hydrogens is 388 g/mol. The molecule has 0 spiro atoms. The standard InChI is InChI=1S/C21H16Cl2FNO2/c22-13-3-6-15(17(23)9-13)16-10-20(27)25-18-7-12(8-19(26)21(16)18)11-1-4-14(24)5-2-11/h1-6,9,12,16H,7-8,10H2,(H,25,27)/t12-,16+/m1/s1. The van der Waals surface area contributed by atoms with Gasteiger partial charge in [0.15, 0.2) is 5.78 Å². The molecule has 27 heavy (non-hydrogen) atoms. The fraction of sp³-hybridized carbons (Fsp3) is 0.238. The van der Waals surface area contributed by atoms with Crippen molar-refractivity contribution in [2.24, 2.45) is 0 Å². The topological polar surface area (TPSA) is 46.2 Å². The molecule has 0 saturated heterocycles. The van der Waals surface area contributed by atoms with E-state index in [0.29, 0.717) is 34.2 Å². The number of nitrogens with one attached hydrogen (secondary N) is 1. The predicted octanol–water partition coefficient (Wildman–Crippen LogP) is 5.14. The van der Waals surface area contributed by atoms with Crippen molar-refractivity contribution in [2.45, 2.75) is 31.1 Å². The maximum Gasteiger partial charge on any atom is 0.225 e. The molecule has 1 heterocycles. The van der Waals surface area contributed by atoms with E-state index in [1.165, 1.54) is 12.1 Å². The van der Waals surface area contributed by atoms with E-state index in [-0.39, 0.29) is 35.8 Å². The summed E-state index contributed by atoms with van der Waals surface area (Å²) in [6, 6.07) is 11.3. The number of rotatable bonds is 2. The third-order valence-electron chi connectivity index (χ3n) is 5.22. The number of halogens is 3. The normalized spacial score (nSPS) is 22.5. The SMILES string of the molecule is O=C1C[C@@H](c2ccc(Cl)cc2Cl)C2=C(C[C@@H](c3ccc(F)cc3)CC2=O)N1. The Bertz CT molecular complexity index is 969. The van der Waals surface area contributed by atoms with Gasteiger partial charge in [-0.15, -0.1) is 0 Å². The number of carbonyl (C=O) groups is 2. The van der Waals surface area contributed by atoms with E-state index in [1.807, 2.05) is 0 Å². The quantitative estimate of drug-likeness (QED) is 0.754. The summed E-state index contributed by atoms with van der Waals surface area (Å²) in [5, 5.41) is 3.82. The van der Waals surface area contributed by atoms with Crippen LogP contribution in [-0.4, -0.2) is 11.7 Å². The van der Waals surface area contributed by atoms with Crippen molar-refractivity contribution < 1.29 is 14.0 Å². The van der Waals surface area contributed by atoms with E-state index in [1.54, 1.807) is 30.3 Å². The van der Waals surface area contributed by atoms with Gasteiger partial charge in [0.2, 0.25) is 5.91 Å². The number of allylic oxidation sites excluding steroid dienone is 2. The summed E-state index contributed by atoms with van der Waals surface area (Å²) >= 11 is 12.3. The summed E-state index contributed by atoms with van der Waals surface area (Å²) in [4.78, 5) is 25.3. The number of carbonyl (C=O) groups excluding carboxylic acids is 2. The third-order valence-corrected chi connectivity index (χ3v) is 5.78. The van der Waals surface area contributed by atoms with E-state index < -0.39 is 0 Å². The molecule has 3 nitrogen and oxygen atoms in total. The lowest BCUT2D eigenvalue weighted by Gasteiger charge is -2.34. The van der Waals surface area contributed by atoms with E-state index in [2.05, 4.69) is 5.32 Å². The van der Waals surface area contributed by atoms with Crippen molar-refractivity contribution in [2.75, 3.05) is 0 Å². The van der Waals surface area contributed by atoms with Gasteiger partial charge in [0.05, 0.1) is 0 Å². The maximum atomic E-state index is 13.2. The molecular formula is C21H16Cl2FNO2. The zero-order valence-electron chi connectivity index (χ0n) is 14.3. The van der Waals surface area contributed by atoms with Crippen molar-refractivity contribution in [3.63, 3.8) is 0 Å². The van der Waals surface area contributed by atoms with E-state index in [0.717, 1.165) is 11.1 Å². The van der Waals surface area contributed by atoms with Gasteiger partial charge in [-0.05, 0) is 47.7 Å². The number of Topliss-reactive ketones (excluding diaryl/α,β-unsaturated/α-hetero) is 1. The first-order valence-electron chi connectivity index (χ1n) is 8.69. The first-order valence-corrected chi connectivity index (χ1v) is 9.44. The van der Waals surface area contributed by atoms with E-state index in [4.69, 9.17) is 23.2 Å². The smallest absolute Gasteiger partial charge is 0.225 e. The third kappa shape index (κ3) is 3.52. The van der Waals surface area contributed by atoms with Crippen LogP contribution in [0.2, 0.25) is 10.0 Å². The average molecular weight is 404 g/mol. The van der Waals surface area contributed by atoms with Gasteiger partial charge in [0.25, 0.3) is 0 Å². The minimum atomic E-state index is -0.375. The van der Waals surface area contributed by atoms with Gasteiger partial charge in [-0.2, -0.15) is 0 Å². The molecule has 0 saturated carbocycles. The summed E-state index contributed by atoms with van der Waals surface area (Å²) in [7, 11) is 0. The number of ketones is 1. The second-order valence-corrected chi connectivity index (χ2v) is 7.79. The number of hydrogen-bond donors (Lipinski definition) is 1. The van der Waals surface area contributed by atoms with Crippen LogP contribution >= 0.6 is 23.2 Å². The van der Waals surface area contributed by atoms with Crippen LogP contribution in [0.25, 0.3) is 0 Å². The van der Waals surface area contributed by atoms with Crippen molar-refractivity contribution in [1.82, 2.24) is 5.32 Å². The molecule has 0 unspecified atom stereocenters. The van der Waals surface area contributed by atoms with Crippen LogP contribution in [0, 0.1) is 5.82 Å². The highest BCUT2D eigenvalue weighted by Crippen LogP contribution is 2.44. The van der Waals surface area contributed by atoms with Crippen LogP contribution < -0.4 is 5.32 Å². The minimum Gasteiger partial charge on any atom is -0.329 e. The van der Waals surface area contributed by atoms with E-state index in [9.17, 15) is 14.0 Å². The summed E-state index contributed by atoms with van der Waals surface area (Å²) in [6.07, 6.45) is 1.02. The Labute approximate surface area is 166 Å². The molecule has 2 aliphatic rings. The fourth-order valence-electron chi connectivity index (χ4n) is 3.98. The van der Waals surface area contributed by atoms with Crippen LogP contribution in [0.15, 0.2) is 53.7 Å². The second-order valence-electron chi connectivity index (χ2n) is 6.94. The molecule has 1 amide bonds. The molecule has 4 rings (SSSR count).